The molecule has 1 saturated heterocycles. The van der Waals surface area contributed by atoms with Gasteiger partial charge in [-0.15, -0.1) is 0 Å². The van der Waals surface area contributed by atoms with E-state index in [1.807, 2.05) is 12.1 Å². The van der Waals surface area contributed by atoms with E-state index in [0.717, 1.165) is 31.2 Å². The Bertz CT molecular complexity index is 1060. The van der Waals surface area contributed by atoms with E-state index in [2.05, 4.69) is 15.6 Å². The number of carbonyl (C=O) groups is 4. The van der Waals surface area contributed by atoms with Crippen molar-refractivity contribution in [3.8, 4) is 0 Å². The predicted molar refractivity (Wildman–Crippen MR) is 132 cm³/mol. The minimum atomic E-state index is -1.16. The van der Waals surface area contributed by atoms with Crippen molar-refractivity contribution in [1.29, 1.82) is 0 Å². The second-order valence-electron chi connectivity index (χ2n) is 9.84. The van der Waals surface area contributed by atoms with E-state index >= 15 is 0 Å². The lowest BCUT2D eigenvalue weighted by molar-refractivity contribution is -0.145. The minimum absolute atomic E-state index is 0.0777. The molecule has 0 bridgehead atoms. The van der Waals surface area contributed by atoms with Crippen LogP contribution in [0.5, 0.6) is 0 Å². The molecule has 2 aliphatic heterocycles. The zero-order valence-corrected chi connectivity index (χ0v) is 20.2. The smallest absolute Gasteiger partial charge is 0.326 e. The highest BCUT2D eigenvalue weighted by Gasteiger charge is 2.49. The van der Waals surface area contributed by atoms with E-state index in [0.29, 0.717) is 24.8 Å². The molecule has 2 heterocycles. The lowest BCUT2D eigenvalue weighted by atomic mass is 9.84. The fourth-order valence-electron chi connectivity index (χ4n) is 5.80. The molecule has 1 aromatic carbocycles. The summed E-state index contributed by atoms with van der Waals surface area (Å²) in [5.41, 5.74) is 12.0. The van der Waals surface area contributed by atoms with Gasteiger partial charge in [0.1, 0.15) is 18.1 Å². The van der Waals surface area contributed by atoms with Crippen molar-refractivity contribution in [3.05, 3.63) is 35.4 Å². The lowest BCUT2D eigenvalue weighted by Crippen LogP contribution is -2.59. The molecule has 1 aliphatic carbocycles. The summed E-state index contributed by atoms with van der Waals surface area (Å²) >= 11 is 0. The van der Waals surface area contributed by atoms with Crippen LogP contribution in [0, 0.1) is 5.92 Å². The standard InChI is InChI=1S/C25H34N6O5/c26-25(27)28-11-5-9-17(24(35)36)29-22(33)20-13-15-7-2-4-10-19(15)31(20)23(34)18-12-14-6-1-3-8-16(14)21(32)30-18/h1,3,6,8,15,17-20H,2,4-5,7,9-13H2,(H,29,33)(H,30,32)(H,35,36)(H4,26,27,28)/t15-,17-,18+,19-,20-/m0/s1. The molecule has 3 aliphatic rings. The monoisotopic (exact) mass is 498 g/mol. The third-order valence-corrected chi connectivity index (χ3v) is 7.49. The third-order valence-electron chi connectivity index (χ3n) is 7.49. The number of guanidine groups is 1. The van der Waals surface area contributed by atoms with Gasteiger partial charge in [-0.05, 0) is 49.7 Å². The number of aliphatic imine (C=N–C) groups is 1. The first-order valence-corrected chi connectivity index (χ1v) is 12.6. The van der Waals surface area contributed by atoms with Gasteiger partial charge in [-0.1, -0.05) is 31.0 Å². The highest BCUT2D eigenvalue weighted by molar-refractivity contribution is 6.01. The van der Waals surface area contributed by atoms with Gasteiger partial charge in [0.05, 0.1) is 0 Å². The molecule has 194 valence electrons. The number of rotatable bonds is 8. The van der Waals surface area contributed by atoms with E-state index in [9.17, 15) is 24.3 Å². The molecule has 0 aromatic heterocycles. The number of carboxylic acids is 1. The topological polar surface area (TPSA) is 180 Å². The number of fused-ring (bicyclic) bond motifs is 2. The van der Waals surface area contributed by atoms with Gasteiger partial charge in [0.15, 0.2) is 5.96 Å². The van der Waals surface area contributed by atoms with Crippen LogP contribution >= 0.6 is 0 Å². The van der Waals surface area contributed by atoms with Crippen LogP contribution in [0.1, 0.15) is 60.9 Å². The van der Waals surface area contributed by atoms with Gasteiger partial charge in [-0.25, -0.2) is 4.79 Å². The maximum absolute atomic E-state index is 13.8. The van der Waals surface area contributed by atoms with Gasteiger partial charge in [-0.2, -0.15) is 0 Å². The summed E-state index contributed by atoms with van der Waals surface area (Å²) in [6.45, 7) is 0.253. The second-order valence-corrected chi connectivity index (χ2v) is 9.84. The Hall–Kier alpha value is -3.63. The quantitative estimate of drug-likeness (QED) is 0.192. The van der Waals surface area contributed by atoms with Crippen molar-refractivity contribution in [1.82, 2.24) is 15.5 Å². The fourth-order valence-corrected chi connectivity index (χ4v) is 5.80. The minimum Gasteiger partial charge on any atom is -0.480 e. The first-order valence-electron chi connectivity index (χ1n) is 12.6. The average molecular weight is 499 g/mol. The van der Waals surface area contributed by atoms with Crippen LogP contribution in [0.25, 0.3) is 0 Å². The van der Waals surface area contributed by atoms with Crippen LogP contribution in [0.2, 0.25) is 0 Å². The van der Waals surface area contributed by atoms with Crippen molar-refractivity contribution >= 4 is 29.7 Å². The molecule has 7 N–H and O–H groups in total. The number of nitrogens with zero attached hydrogens (tertiary/aromatic N) is 2. The molecule has 0 radical (unpaired) electrons. The van der Waals surface area contributed by atoms with E-state index in [1.54, 1.807) is 17.0 Å². The molecule has 0 spiro atoms. The Balaban J connectivity index is 1.50. The maximum atomic E-state index is 13.8. The molecule has 11 heteroatoms. The first kappa shape index (κ1) is 25.5. The van der Waals surface area contributed by atoms with Gasteiger partial charge in [-0.3, -0.25) is 19.4 Å². The third kappa shape index (κ3) is 5.44. The first-order chi connectivity index (χ1) is 17.3. The number of aliphatic carboxylic acids is 1. The summed E-state index contributed by atoms with van der Waals surface area (Å²) in [6.07, 6.45) is 5.07. The number of hydrogen-bond acceptors (Lipinski definition) is 5. The number of amides is 3. The van der Waals surface area contributed by atoms with Crippen LogP contribution < -0.4 is 22.1 Å². The summed E-state index contributed by atoms with van der Waals surface area (Å²) in [4.78, 5) is 57.1. The number of benzene rings is 1. The Morgan fingerprint density at radius 3 is 2.69 bits per heavy atom. The summed E-state index contributed by atoms with van der Waals surface area (Å²) in [6, 6.07) is 4.43. The predicted octanol–water partition coefficient (Wildman–Crippen LogP) is 0.124. The van der Waals surface area contributed by atoms with Gasteiger partial charge in [0.2, 0.25) is 11.8 Å². The van der Waals surface area contributed by atoms with Gasteiger partial charge in [0, 0.05) is 24.6 Å². The maximum Gasteiger partial charge on any atom is 0.326 e. The molecule has 5 atom stereocenters. The van der Waals surface area contributed by atoms with Crippen molar-refractivity contribution in [2.75, 3.05) is 6.54 Å². The summed E-state index contributed by atoms with van der Waals surface area (Å²) < 4.78 is 0. The average Bonchev–Trinajstić information content (AvgIpc) is 3.24. The molecule has 0 unspecified atom stereocenters. The number of carbonyl (C=O) groups excluding carboxylic acids is 3. The van der Waals surface area contributed by atoms with Gasteiger partial charge in [0.25, 0.3) is 5.91 Å². The van der Waals surface area contributed by atoms with E-state index < -0.39 is 30.0 Å². The summed E-state index contributed by atoms with van der Waals surface area (Å²) in [7, 11) is 0. The van der Waals surface area contributed by atoms with E-state index in [-0.39, 0.29) is 42.7 Å². The summed E-state index contributed by atoms with van der Waals surface area (Å²) in [5, 5.41) is 15.1. The normalized spacial score (nSPS) is 25.7. The van der Waals surface area contributed by atoms with Crippen LogP contribution in [0.15, 0.2) is 29.3 Å². The Labute approximate surface area is 209 Å². The highest BCUT2D eigenvalue weighted by atomic mass is 16.4. The molecule has 2 fully saturated rings. The van der Waals surface area contributed by atoms with E-state index in [1.165, 1.54) is 0 Å². The molecular formula is C25H34N6O5. The van der Waals surface area contributed by atoms with Crippen molar-refractivity contribution in [2.45, 2.75) is 75.5 Å². The zero-order valence-electron chi connectivity index (χ0n) is 20.2. The largest absolute Gasteiger partial charge is 0.480 e. The number of nitrogens with one attached hydrogen (secondary N) is 2. The van der Waals surface area contributed by atoms with Crippen molar-refractivity contribution in [3.63, 3.8) is 0 Å². The molecule has 3 amide bonds. The number of carboxylic acid groups (broad SMARTS) is 1. The molecule has 1 saturated carbocycles. The Morgan fingerprint density at radius 1 is 1.19 bits per heavy atom. The van der Waals surface area contributed by atoms with Crippen LogP contribution in [0.3, 0.4) is 0 Å². The summed E-state index contributed by atoms with van der Waals surface area (Å²) in [5.74, 6) is -2.12. The zero-order chi connectivity index (χ0) is 25.8. The Kier molecular flexibility index (Phi) is 7.76. The molecule has 36 heavy (non-hydrogen) atoms. The van der Waals surface area contributed by atoms with Crippen LogP contribution in [-0.2, 0) is 20.8 Å². The SMILES string of the molecule is NC(N)=NCCC[C@H](NC(=O)[C@@H]1C[C@@H]2CCCC[C@@H]2N1C(=O)[C@H]1Cc2ccccc2C(=O)N1)C(=O)O. The van der Waals surface area contributed by atoms with Crippen molar-refractivity contribution < 1.29 is 24.3 Å². The van der Waals surface area contributed by atoms with Crippen LogP contribution in [0.4, 0.5) is 0 Å². The second kappa shape index (κ2) is 11.0. The molecule has 1 aromatic rings. The van der Waals surface area contributed by atoms with Gasteiger partial charge >= 0.3 is 5.97 Å². The fraction of sp³-hybridized carbons (Fsp3) is 0.560. The Morgan fingerprint density at radius 2 is 1.94 bits per heavy atom. The molecule has 11 nitrogen and oxygen atoms in total. The highest BCUT2D eigenvalue weighted by Crippen LogP contribution is 2.40. The van der Waals surface area contributed by atoms with E-state index in [4.69, 9.17) is 11.5 Å². The number of nitrogens with two attached hydrogens (primary N) is 2. The number of likely N-dealkylation sites (tertiary alicyclic amines) is 1. The molecular weight excluding hydrogens is 464 g/mol. The number of hydrogen-bond donors (Lipinski definition) is 5. The van der Waals surface area contributed by atoms with Gasteiger partial charge < -0.3 is 32.1 Å². The van der Waals surface area contributed by atoms with Crippen molar-refractivity contribution in [2.24, 2.45) is 22.4 Å². The lowest BCUT2D eigenvalue weighted by Gasteiger charge is -2.37. The van der Waals surface area contributed by atoms with Crippen LogP contribution in [-0.4, -0.2) is 70.4 Å². The molecule has 4 rings (SSSR count).